The number of sulfonamides is 1. The molecule has 25 heavy (non-hydrogen) atoms. The van der Waals surface area contributed by atoms with E-state index in [0.29, 0.717) is 5.56 Å². The van der Waals surface area contributed by atoms with Crippen molar-refractivity contribution in [2.24, 2.45) is 0 Å². The molecule has 9 heteroatoms. The van der Waals surface area contributed by atoms with E-state index in [-0.39, 0.29) is 30.5 Å². The second kappa shape index (κ2) is 7.11. The van der Waals surface area contributed by atoms with Crippen LogP contribution in [0.25, 0.3) is 0 Å². The molecule has 1 aliphatic rings. The molecule has 1 atom stereocenters. The van der Waals surface area contributed by atoms with Crippen LogP contribution in [0, 0.1) is 0 Å². The minimum absolute atomic E-state index is 0.0419. The van der Waals surface area contributed by atoms with Crippen molar-refractivity contribution in [2.75, 3.05) is 19.7 Å². The number of rotatable bonds is 4. The van der Waals surface area contributed by atoms with Gasteiger partial charge in [0, 0.05) is 17.6 Å². The Morgan fingerprint density at radius 1 is 1.24 bits per heavy atom. The zero-order valence-corrected chi connectivity index (χ0v) is 15.2. The highest BCUT2D eigenvalue weighted by Crippen LogP contribution is 2.16. The fourth-order valence-electron chi connectivity index (χ4n) is 2.40. The number of nitrogens with zero attached hydrogens (tertiary/aromatic N) is 1. The fraction of sp³-hybridized carbons (Fsp3) is 0.500. The van der Waals surface area contributed by atoms with Crippen LogP contribution >= 0.6 is 0 Å². The molecular weight excluding hydrogens is 348 g/mol. The Hall–Kier alpha value is -1.97. The molecule has 1 aliphatic heterocycles. The van der Waals surface area contributed by atoms with E-state index in [1.54, 1.807) is 20.8 Å². The molecule has 1 fully saturated rings. The highest BCUT2D eigenvalue weighted by atomic mass is 32.2. The van der Waals surface area contributed by atoms with Gasteiger partial charge in [0.15, 0.2) is 6.10 Å². The third-order valence-electron chi connectivity index (χ3n) is 3.48. The molecular formula is C16H22N2O6S. The minimum Gasteiger partial charge on any atom is -0.479 e. The van der Waals surface area contributed by atoms with Crippen LogP contribution in [0.15, 0.2) is 29.2 Å². The van der Waals surface area contributed by atoms with Crippen LogP contribution in [0.2, 0.25) is 0 Å². The topological polar surface area (TPSA) is 113 Å². The van der Waals surface area contributed by atoms with Gasteiger partial charge >= 0.3 is 5.97 Å². The summed E-state index contributed by atoms with van der Waals surface area (Å²) in [6.07, 6.45) is -1.05. The van der Waals surface area contributed by atoms with Gasteiger partial charge in [-0.05, 0) is 45.0 Å². The van der Waals surface area contributed by atoms with Crippen molar-refractivity contribution in [2.45, 2.75) is 37.3 Å². The third-order valence-corrected chi connectivity index (χ3v) is 5.26. The Morgan fingerprint density at radius 3 is 2.36 bits per heavy atom. The first-order chi connectivity index (χ1) is 11.5. The predicted molar refractivity (Wildman–Crippen MR) is 89.8 cm³/mol. The normalized spacial score (nSPS) is 18.8. The van der Waals surface area contributed by atoms with E-state index >= 15 is 0 Å². The highest BCUT2D eigenvalue weighted by Gasteiger charge is 2.29. The van der Waals surface area contributed by atoms with E-state index in [2.05, 4.69) is 4.72 Å². The fourth-order valence-corrected chi connectivity index (χ4v) is 3.82. The Balaban J connectivity index is 2.14. The quantitative estimate of drug-likeness (QED) is 0.806. The summed E-state index contributed by atoms with van der Waals surface area (Å²) in [5.41, 5.74) is -0.326. The number of nitrogens with one attached hydrogen (secondary N) is 1. The maximum atomic E-state index is 12.5. The lowest BCUT2D eigenvalue weighted by atomic mass is 10.1. The van der Waals surface area contributed by atoms with Crippen LogP contribution < -0.4 is 4.72 Å². The molecule has 1 amide bonds. The molecule has 1 saturated heterocycles. The smallest absolute Gasteiger partial charge is 0.334 e. The van der Waals surface area contributed by atoms with Gasteiger partial charge < -0.3 is 14.7 Å². The molecule has 8 nitrogen and oxygen atoms in total. The number of hydrogen-bond acceptors (Lipinski definition) is 5. The number of carbonyl (C=O) groups excluding carboxylic acids is 1. The molecule has 0 bridgehead atoms. The van der Waals surface area contributed by atoms with E-state index in [0.717, 1.165) is 0 Å². The average Bonchev–Trinajstić information content (AvgIpc) is 2.52. The van der Waals surface area contributed by atoms with E-state index in [1.807, 2.05) is 0 Å². The molecule has 1 aromatic rings. The molecule has 1 unspecified atom stereocenters. The van der Waals surface area contributed by atoms with E-state index in [9.17, 15) is 18.0 Å². The van der Waals surface area contributed by atoms with Crippen molar-refractivity contribution in [1.29, 1.82) is 0 Å². The number of carboxylic acids is 1. The van der Waals surface area contributed by atoms with Gasteiger partial charge in [-0.15, -0.1) is 0 Å². The average molecular weight is 370 g/mol. The first kappa shape index (κ1) is 19.4. The van der Waals surface area contributed by atoms with Gasteiger partial charge in [0.2, 0.25) is 10.0 Å². The van der Waals surface area contributed by atoms with Crippen LogP contribution in [-0.2, 0) is 19.6 Å². The number of amides is 1. The van der Waals surface area contributed by atoms with Crippen molar-refractivity contribution < 1.29 is 27.9 Å². The molecule has 0 aromatic heterocycles. The van der Waals surface area contributed by atoms with Crippen LogP contribution in [0.4, 0.5) is 0 Å². The van der Waals surface area contributed by atoms with Gasteiger partial charge in [0.1, 0.15) is 0 Å². The minimum atomic E-state index is -3.68. The van der Waals surface area contributed by atoms with Crippen LogP contribution in [0.5, 0.6) is 0 Å². The number of ether oxygens (including phenoxy) is 1. The number of benzene rings is 1. The summed E-state index contributed by atoms with van der Waals surface area (Å²) < 4.78 is 32.1. The van der Waals surface area contributed by atoms with Crippen molar-refractivity contribution in [3.8, 4) is 0 Å². The van der Waals surface area contributed by atoms with Crippen LogP contribution in [0.1, 0.15) is 31.1 Å². The van der Waals surface area contributed by atoms with E-state index in [4.69, 9.17) is 9.84 Å². The molecule has 0 radical (unpaired) electrons. The van der Waals surface area contributed by atoms with Gasteiger partial charge in [-0.25, -0.2) is 17.9 Å². The SMILES string of the molecule is CC(C)(C)NS(=O)(=O)c1ccc(C(=O)N2CCOC(C(=O)O)C2)cc1. The Bertz CT molecular complexity index is 752. The van der Waals surface area contributed by atoms with Crippen LogP contribution in [-0.4, -0.2) is 61.6 Å². The van der Waals surface area contributed by atoms with E-state index in [1.165, 1.54) is 29.2 Å². The summed E-state index contributed by atoms with van der Waals surface area (Å²) >= 11 is 0. The highest BCUT2D eigenvalue weighted by molar-refractivity contribution is 7.89. The Morgan fingerprint density at radius 2 is 1.84 bits per heavy atom. The second-order valence-electron chi connectivity index (χ2n) is 6.83. The lowest BCUT2D eigenvalue weighted by Crippen LogP contribution is -2.48. The summed E-state index contributed by atoms with van der Waals surface area (Å²) in [4.78, 5) is 24.9. The van der Waals surface area contributed by atoms with Crippen molar-refractivity contribution in [1.82, 2.24) is 9.62 Å². The van der Waals surface area contributed by atoms with Gasteiger partial charge in [-0.3, -0.25) is 4.79 Å². The van der Waals surface area contributed by atoms with Gasteiger partial charge in [0.05, 0.1) is 18.0 Å². The molecule has 0 spiro atoms. The Labute approximate surface area is 146 Å². The maximum absolute atomic E-state index is 12.5. The molecule has 1 aromatic carbocycles. The van der Waals surface area contributed by atoms with Crippen molar-refractivity contribution in [3.63, 3.8) is 0 Å². The standard InChI is InChI=1S/C16H22N2O6S/c1-16(2,3)17-25(22,23)12-6-4-11(5-7-12)14(19)18-8-9-24-13(10-18)15(20)21/h4-7,13,17H,8-10H2,1-3H3,(H,20,21). The van der Waals surface area contributed by atoms with Gasteiger partial charge in [-0.1, -0.05) is 0 Å². The number of carboxylic acid groups (broad SMARTS) is 1. The lowest BCUT2D eigenvalue weighted by molar-refractivity contribution is -0.154. The maximum Gasteiger partial charge on any atom is 0.334 e. The molecule has 1 heterocycles. The predicted octanol–water partition coefficient (Wildman–Crippen LogP) is 0.689. The number of carbonyl (C=O) groups is 2. The number of aliphatic carboxylic acids is 1. The van der Waals surface area contributed by atoms with Gasteiger partial charge in [0.25, 0.3) is 5.91 Å². The first-order valence-electron chi connectivity index (χ1n) is 7.77. The molecule has 2 rings (SSSR count). The zero-order chi connectivity index (χ0) is 18.8. The third kappa shape index (κ3) is 5.00. The summed E-state index contributed by atoms with van der Waals surface area (Å²) in [6, 6.07) is 5.56. The molecule has 2 N–H and O–H groups in total. The zero-order valence-electron chi connectivity index (χ0n) is 14.4. The van der Waals surface area contributed by atoms with Gasteiger partial charge in [-0.2, -0.15) is 0 Å². The largest absolute Gasteiger partial charge is 0.479 e. The molecule has 0 aliphatic carbocycles. The summed E-state index contributed by atoms with van der Waals surface area (Å²) in [7, 11) is -3.68. The second-order valence-corrected chi connectivity index (χ2v) is 8.51. The summed E-state index contributed by atoms with van der Waals surface area (Å²) in [5, 5.41) is 8.99. The van der Waals surface area contributed by atoms with Crippen molar-refractivity contribution >= 4 is 21.9 Å². The number of hydrogen-bond donors (Lipinski definition) is 2. The monoisotopic (exact) mass is 370 g/mol. The van der Waals surface area contributed by atoms with Crippen LogP contribution in [0.3, 0.4) is 0 Å². The lowest BCUT2D eigenvalue weighted by Gasteiger charge is -2.31. The molecule has 138 valence electrons. The number of morpholine rings is 1. The Kier molecular flexibility index (Phi) is 5.50. The summed E-state index contributed by atoms with van der Waals surface area (Å²) in [6.45, 7) is 5.60. The van der Waals surface area contributed by atoms with E-state index < -0.39 is 27.6 Å². The summed E-state index contributed by atoms with van der Waals surface area (Å²) in [5.74, 6) is -1.48. The molecule has 0 saturated carbocycles. The van der Waals surface area contributed by atoms with Crippen molar-refractivity contribution in [3.05, 3.63) is 29.8 Å². The first-order valence-corrected chi connectivity index (χ1v) is 9.26.